The van der Waals surface area contributed by atoms with Crippen molar-refractivity contribution in [3.8, 4) is 5.75 Å². The predicted octanol–water partition coefficient (Wildman–Crippen LogP) is 2.09. The molecule has 0 saturated carbocycles. The van der Waals surface area contributed by atoms with E-state index in [4.69, 9.17) is 4.74 Å². The lowest BCUT2D eigenvalue weighted by molar-refractivity contribution is 0.186. The smallest absolute Gasteiger partial charge is 0.122 e. The first-order valence-electron chi connectivity index (χ1n) is 7.27. The number of hydrogen-bond acceptors (Lipinski definition) is 3. The van der Waals surface area contributed by atoms with Crippen LogP contribution in [0.25, 0.3) is 0 Å². The average molecular weight is 260 g/mol. The van der Waals surface area contributed by atoms with Crippen molar-refractivity contribution in [1.29, 1.82) is 0 Å². The summed E-state index contributed by atoms with van der Waals surface area (Å²) in [4.78, 5) is 2.49. The van der Waals surface area contributed by atoms with E-state index >= 15 is 0 Å². The van der Waals surface area contributed by atoms with E-state index in [9.17, 15) is 0 Å². The highest BCUT2D eigenvalue weighted by atomic mass is 16.5. The summed E-state index contributed by atoms with van der Waals surface area (Å²) in [6, 6.07) is 8.57. The minimum absolute atomic E-state index is 0.439. The Morgan fingerprint density at radius 2 is 2.00 bits per heavy atom. The summed E-state index contributed by atoms with van der Waals surface area (Å²) in [6.45, 7) is 4.68. The minimum Gasteiger partial charge on any atom is -0.496 e. The van der Waals surface area contributed by atoms with Gasteiger partial charge in [-0.3, -0.25) is 0 Å². The molecule has 0 amide bonds. The SMILES string of the molecule is COc1ccccc1C1CN(C)CC12CCNCC2. The van der Waals surface area contributed by atoms with Gasteiger partial charge in [-0.1, -0.05) is 18.2 Å². The van der Waals surface area contributed by atoms with Crippen molar-refractivity contribution >= 4 is 0 Å². The number of nitrogens with one attached hydrogen (secondary N) is 1. The zero-order valence-electron chi connectivity index (χ0n) is 12.0. The van der Waals surface area contributed by atoms with Gasteiger partial charge in [0, 0.05) is 19.0 Å². The number of likely N-dealkylation sites (tertiary alicyclic amines) is 1. The van der Waals surface area contributed by atoms with E-state index in [1.54, 1.807) is 7.11 Å². The van der Waals surface area contributed by atoms with Gasteiger partial charge in [0.25, 0.3) is 0 Å². The maximum Gasteiger partial charge on any atom is 0.122 e. The van der Waals surface area contributed by atoms with Gasteiger partial charge in [-0.25, -0.2) is 0 Å². The molecule has 2 heterocycles. The molecule has 1 spiro atoms. The maximum absolute atomic E-state index is 5.59. The van der Waals surface area contributed by atoms with Gasteiger partial charge in [0.1, 0.15) is 5.75 Å². The van der Waals surface area contributed by atoms with Crippen LogP contribution in [0.1, 0.15) is 24.3 Å². The molecule has 2 fully saturated rings. The maximum atomic E-state index is 5.59. The Morgan fingerprint density at radius 3 is 2.74 bits per heavy atom. The van der Waals surface area contributed by atoms with Crippen LogP contribution in [-0.4, -0.2) is 45.2 Å². The number of nitrogens with zero attached hydrogens (tertiary/aromatic N) is 1. The van der Waals surface area contributed by atoms with Gasteiger partial charge < -0.3 is 15.0 Å². The normalized spacial score (nSPS) is 26.7. The molecule has 1 aromatic rings. The molecule has 0 bridgehead atoms. The fraction of sp³-hybridized carbons (Fsp3) is 0.625. The van der Waals surface area contributed by atoms with E-state index in [1.807, 2.05) is 0 Å². The highest BCUT2D eigenvalue weighted by Crippen LogP contribution is 2.50. The monoisotopic (exact) mass is 260 g/mol. The van der Waals surface area contributed by atoms with Crippen LogP contribution in [0, 0.1) is 5.41 Å². The van der Waals surface area contributed by atoms with Crippen LogP contribution in [0.5, 0.6) is 5.75 Å². The van der Waals surface area contributed by atoms with Crippen molar-refractivity contribution in [2.24, 2.45) is 5.41 Å². The summed E-state index contributed by atoms with van der Waals surface area (Å²) in [5.41, 5.74) is 1.84. The zero-order chi connectivity index (χ0) is 13.3. The Hall–Kier alpha value is -1.06. The van der Waals surface area contributed by atoms with E-state index < -0.39 is 0 Å². The minimum atomic E-state index is 0.439. The average Bonchev–Trinajstić information content (AvgIpc) is 2.75. The molecule has 0 aromatic heterocycles. The first kappa shape index (κ1) is 12.9. The second kappa shape index (κ2) is 5.14. The van der Waals surface area contributed by atoms with Gasteiger partial charge in [-0.15, -0.1) is 0 Å². The van der Waals surface area contributed by atoms with E-state index in [-0.39, 0.29) is 0 Å². The summed E-state index contributed by atoms with van der Waals surface area (Å²) in [6.07, 6.45) is 2.56. The number of ether oxygens (including phenoxy) is 1. The summed E-state index contributed by atoms with van der Waals surface area (Å²) in [5, 5.41) is 3.50. The van der Waals surface area contributed by atoms with Crippen molar-refractivity contribution in [3.63, 3.8) is 0 Å². The topological polar surface area (TPSA) is 24.5 Å². The molecule has 104 valence electrons. The number of rotatable bonds is 2. The van der Waals surface area contributed by atoms with Crippen molar-refractivity contribution in [3.05, 3.63) is 29.8 Å². The molecular weight excluding hydrogens is 236 g/mol. The second-order valence-corrected chi connectivity index (χ2v) is 6.10. The molecule has 1 aromatic carbocycles. The first-order valence-corrected chi connectivity index (χ1v) is 7.27. The predicted molar refractivity (Wildman–Crippen MR) is 77.8 cm³/mol. The van der Waals surface area contributed by atoms with E-state index in [0.29, 0.717) is 11.3 Å². The number of likely N-dealkylation sites (N-methyl/N-ethyl adjacent to an activating group) is 1. The fourth-order valence-corrected chi connectivity index (χ4v) is 4.03. The van der Waals surface area contributed by atoms with Crippen LogP contribution < -0.4 is 10.1 Å². The van der Waals surface area contributed by atoms with Crippen molar-refractivity contribution in [2.45, 2.75) is 18.8 Å². The number of piperidine rings is 1. The quantitative estimate of drug-likeness (QED) is 0.881. The number of benzene rings is 1. The van der Waals surface area contributed by atoms with Crippen LogP contribution in [0.4, 0.5) is 0 Å². The van der Waals surface area contributed by atoms with E-state index in [1.165, 1.54) is 24.9 Å². The van der Waals surface area contributed by atoms with Crippen molar-refractivity contribution in [2.75, 3.05) is 40.3 Å². The molecule has 2 saturated heterocycles. The van der Waals surface area contributed by atoms with Crippen LogP contribution in [-0.2, 0) is 0 Å². The van der Waals surface area contributed by atoms with E-state index in [0.717, 1.165) is 25.4 Å². The molecule has 0 radical (unpaired) electrons. The molecule has 2 aliphatic heterocycles. The molecule has 1 unspecified atom stereocenters. The largest absolute Gasteiger partial charge is 0.496 e. The van der Waals surface area contributed by atoms with Gasteiger partial charge in [0.05, 0.1) is 7.11 Å². The molecule has 1 atom stereocenters. The third kappa shape index (κ3) is 2.26. The lowest BCUT2D eigenvalue weighted by Gasteiger charge is -2.39. The van der Waals surface area contributed by atoms with Crippen molar-refractivity contribution in [1.82, 2.24) is 10.2 Å². The molecule has 0 aliphatic carbocycles. The van der Waals surface area contributed by atoms with Gasteiger partial charge in [0.2, 0.25) is 0 Å². The molecule has 3 heteroatoms. The van der Waals surface area contributed by atoms with Gasteiger partial charge >= 0.3 is 0 Å². The van der Waals surface area contributed by atoms with Crippen LogP contribution in [0.3, 0.4) is 0 Å². The Labute approximate surface area is 115 Å². The van der Waals surface area contributed by atoms with Crippen LogP contribution in [0.2, 0.25) is 0 Å². The lowest BCUT2D eigenvalue weighted by Crippen LogP contribution is -2.41. The number of hydrogen-bond donors (Lipinski definition) is 1. The highest BCUT2D eigenvalue weighted by molar-refractivity contribution is 5.39. The Bertz CT molecular complexity index is 440. The molecule has 3 nitrogen and oxygen atoms in total. The summed E-state index contributed by atoms with van der Waals surface area (Å²) < 4.78 is 5.59. The molecule has 19 heavy (non-hydrogen) atoms. The summed E-state index contributed by atoms with van der Waals surface area (Å²) >= 11 is 0. The van der Waals surface area contributed by atoms with Crippen molar-refractivity contribution < 1.29 is 4.74 Å². The van der Waals surface area contributed by atoms with Crippen LogP contribution in [0.15, 0.2) is 24.3 Å². The summed E-state index contributed by atoms with van der Waals surface area (Å²) in [5.74, 6) is 1.66. The highest BCUT2D eigenvalue weighted by Gasteiger charge is 2.47. The van der Waals surface area contributed by atoms with Gasteiger partial charge in [-0.2, -0.15) is 0 Å². The molecule has 2 aliphatic rings. The Kier molecular flexibility index (Phi) is 3.50. The van der Waals surface area contributed by atoms with Gasteiger partial charge in [0.15, 0.2) is 0 Å². The lowest BCUT2D eigenvalue weighted by atomic mass is 9.68. The first-order chi connectivity index (χ1) is 9.25. The second-order valence-electron chi connectivity index (χ2n) is 6.10. The molecule has 1 N–H and O–H groups in total. The third-order valence-electron chi connectivity index (χ3n) is 4.93. The van der Waals surface area contributed by atoms with E-state index in [2.05, 4.69) is 41.5 Å². The summed E-state index contributed by atoms with van der Waals surface area (Å²) in [7, 11) is 4.03. The third-order valence-corrected chi connectivity index (χ3v) is 4.93. The number of methoxy groups -OCH3 is 1. The van der Waals surface area contributed by atoms with Crippen LogP contribution >= 0.6 is 0 Å². The molecular formula is C16H24N2O. The Morgan fingerprint density at radius 1 is 1.26 bits per heavy atom. The number of para-hydroxylation sites is 1. The standard InChI is InChI=1S/C16H24N2O/c1-18-11-14(13-5-3-4-6-15(13)19-2)16(12-18)7-9-17-10-8-16/h3-6,14,17H,7-12H2,1-2H3. The fourth-order valence-electron chi connectivity index (χ4n) is 4.03. The molecule has 3 rings (SSSR count). The van der Waals surface area contributed by atoms with Gasteiger partial charge in [-0.05, 0) is 50.0 Å². The Balaban J connectivity index is 1.97. The zero-order valence-corrected chi connectivity index (χ0v) is 12.0.